The second-order valence-corrected chi connectivity index (χ2v) is 3.31. The van der Waals surface area contributed by atoms with E-state index in [4.69, 9.17) is 11.6 Å². The molecule has 5 heteroatoms. The first-order valence-corrected chi connectivity index (χ1v) is 5.35. The molecule has 0 aliphatic rings. The molecule has 0 saturated heterocycles. The minimum Gasteiger partial charge on any atom is -0.391 e. The summed E-state index contributed by atoms with van der Waals surface area (Å²) in [5.74, 6) is 1.94. The number of halogens is 2. The van der Waals surface area contributed by atoms with Gasteiger partial charge in [0.1, 0.15) is 0 Å². The molecule has 1 aromatic carbocycles. The summed E-state index contributed by atoms with van der Waals surface area (Å²) in [6, 6.07) is 4.93. The van der Waals surface area contributed by atoms with Gasteiger partial charge in [0.2, 0.25) is 0 Å². The lowest BCUT2D eigenvalue weighted by Gasteiger charge is -1.85. The Morgan fingerprint density at radius 1 is 1.40 bits per heavy atom. The maximum atomic E-state index is 10.5. The van der Waals surface area contributed by atoms with Gasteiger partial charge in [-0.05, 0) is 23.0 Å². The van der Waals surface area contributed by atoms with Crippen LogP contribution in [0.15, 0.2) is 31.8 Å². The molecule has 0 aliphatic heterocycles. The molecule has 0 saturated carbocycles. The molecule has 0 unspecified atom stereocenters. The van der Waals surface area contributed by atoms with Crippen LogP contribution in [0.1, 0.15) is 6.92 Å². The Bertz CT molecular complexity index is 553. The Labute approximate surface area is 105 Å². The maximum Gasteiger partial charge on any atom is 0.519 e. The average molecular weight is 337 g/mol. The predicted octanol–water partition coefficient (Wildman–Crippen LogP) is 3.44. The molecule has 0 fully saturated rings. The van der Waals surface area contributed by atoms with Crippen molar-refractivity contribution < 1.29 is 8.83 Å². The lowest BCUT2D eigenvalue weighted by atomic mass is 10.3. The van der Waals surface area contributed by atoms with Crippen molar-refractivity contribution in [2.45, 2.75) is 6.92 Å². The molecule has 2 rings (SSSR count). The molecule has 0 amide bonds. The van der Waals surface area contributed by atoms with Crippen LogP contribution in [0.4, 0.5) is 0 Å². The predicted molar refractivity (Wildman–Crippen MR) is 67.2 cm³/mol. The van der Waals surface area contributed by atoms with Gasteiger partial charge in [0.25, 0.3) is 0 Å². The molecule has 15 heavy (non-hydrogen) atoms. The molecule has 0 atom stereocenters. The van der Waals surface area contributed by atoms with Gasteiger partial charge in [0.15, 0.2) is 11.2 Å². The fourth-order valence-electron chi connectivity index (χ4n) is 0.862. The van der Waals surface area contributed by atoms with Crippen LogP contribution in [-0.2, 0) is 0 Å². The van der Waals surface area contributed by atoms with Crippen LogP contribution in [-0.4, -0.2) is 0 Å². The Kier molecular flexibility index (Phi) is 4.72. The van der Waals surface area contributed by atoms with Crippen LogP contribution in [0.5, 0.6) is 0 Å². The summed E-state index contributed by atoms with van der Waals surface area (Å²) in [7, 11) is 0. The van der Waals surface area contributed by atoms with Crippen LogP contribution < -0.4 is 5.82 Å². The van der Waals surface area contributed by atoms with Crippen molar-refractivity contribution in [2.24, 2.45) is 0 Å². The summed E-state index contributed by atoms with van der Waals surface area (Å²) < 4.78 is 11.9. The van der Waals surface area contributed by atoms with Gasteiger partial charge in [-0.1, -0.05) is 23.6 Å². The minimum absolute atomic E-state index is 0.305. The fourth-order valence-corrected chi connectivity index (χ4v) is 1.07. The van der Waals surface area contributed by atoms with Gasteiger partial charge in [0, 0.05) is 22.6 Å². The van der Waals surface area contributed by atoms with Crippen LogP contribution >= 0.6 is 34.2 Å². The summed E-state index contributed by atoms with van der Waals surface area (Å²) in [5, 5.41) is 0.383. The first kappa shape index (κ1) is 12.1. The number of rotatable bonds is 0. The molecule has 1 aromatic heterocycles. The SMILES string of the molecule is CC#CI.O=c1oc2cccc(Cl)c2o1. The molecule has 2 aromatic rings. The highest BCUT2D eigenvalue weighted by atomic mass is 127. The van der Waals surface area contributed by atoms with Gasteiger partial charge < -0.3 is 8.83 Å². The summed E-state index contributed by atoms with van der Waals surface area (Å²) in [5.41, 5.74) is 0.682. The zero-order valence-electron chi connectivity index (χ0n) is 7.71. The van der Waals surface area contributed by atoms with E-state index in [2.05, 4.69) is 18.7 Å². The number of hydrogen-bond donors (Lipinski definition) is 0. The molecule has 0 spiro atoms. The third-order valence-electron chi connectivity index (χ3n) is 1.40. The number of benzene rings is 1. The second-order valence-electron chi connectivity index (χ2n) is 2.37. The van der Waals surface area contributed by atoms with Crippen molar-refractivity contribution in [2.75, 3.05) is 0 Å². The topological polar surface area (TPSA) is 43.4 Å². The van der Waals surface area contributed by atoms with Crippen LogP contribution in [0.25, 0.3) is 11.2 Å². The zero-order valence-corrected chi connectivity index (χ0v) is 10.6. The molecule has 3 nitrogen and oxygen atoms in total. The van der Waals surface area contributed by atoms with E-state index >= 15 is 0 Å². The van der Waals surface area contributed by atoms with Crippen molar-refractivity contribution in [3.8, 4) is 9.85 Å². The molecule has 1 heterocycles. The van der Waals surface area contributed by atoms with Crippen LogP contribution in [0.2, 0.25) is 5.02 Å². The van der Waals surface area contributed by atoms with Gasteiger partial charge in [-0.25, -0.2) is 4.79 Å². The maximum absolute atomic E-state index is 10.5. The van der Waals surface area contributed by atoms with E-state index in [1.807, 2.05) is 29.5 Å². The zero-order chi connectivity index (χ0) is 11.3. The van der Waals surface area contributed by atoms with E-state index in [9.17, 15) is 4.79 Å². The van der Waals surface area contributed by atoms with Gasteiger partial charge in [0.05, 0.1) is 5.02 Å². The van der Waals surface area contributed by atoms with Gasteiger partial charge >= 0.3 is 5.82 Å². The van der Waals surface area contributed by atoms with Gasteiger partial charge in [-0.2, -0.15) is 0 Å². The molecule has 0 aliphatic carbocycles. The lowest BCUT2D eigenvalue weighted by Crippen LogP contribution is -1.84. The van der Waals surface area contributed by atoms with Crippen molar-refractivity contribution in [3.63, 3.8) is 0 Å². The number of hydrogen-bond acceptors (Lipinski definition) is 3. The van der Waals surface area contributed by atoms with E-state index in [-0.39, 0.29) is 0 Å². The summed E-state index contributed by atoms with van der Waals surface area (Å²) >= 11 is 7.67. The van der Waals surface area contributed by atoms with E-state index in [1.165, 1.54) is 0 Å². The molecular weight excluding hydrogens is 330 g/mol. The number of para-hydroxylation sites is 1. The summed E-state index contributed by atoms with van der Waals surface area (Å²) in [6.07, 6.45) is 0. The monoisotopic (exact) mass is 336 g/mol. The third-order valence-corrected chi connectivity index (χ3v) is 2.24. The summed E-state index contributed by atoms with van der Waals surface area (Å²) in [6.45, 7) is 1.81. The Balaban J connectivity index is 0.000000245. The second kappa shape index (κ2) is 5.83. The first-order chi connectivity index (χ1) is 7.19. The summed E-state index contributed by atoms with van der Waals surface area (Å²) in [4.78, 5) is 10.5. The highest BCUT2D eigenvalue weighted by Crippen LogP contribution is 2.21. The quantitative estimate of drug-likeness (QED) is 0.547. The van der Waals surface area contributed by atoms with E-state index in [0.717, 1.165) is 0 Å². The molecular formula is C10H6ClIO3. The Morgan fingerprint density at radius 3 is 2.60 bits per heavy atom. The van der Waals surface area contributed by atoms with Crippen LogP contribution in [0, 0.1) is 9.85 Å². The Morgan fingerprint density at radius 2 is 2.07 bits per heavy atom. The van der Waals surface area contributed by atoms with Crippen molar-refractivity contribution >= 4 is 45.4 Å². The fraction of sp³-hybridized carbons (Fsp3) is 0.100. The average Bonchev–Trinajstić information content (AvgIpc) is 2.61. The molecule has 0 radical (unpaired) electrons. The van der Waals surface area contributed by atoms with Crippen molar-refractivity contribution in [3.05, 3.63) is 33.8 Å². The third kappa shape index (κ3) is 3.29. The highest BCUT2D eigenvalue weighted by molar-refractivity contribution is 14.1. The van der Waals surface area contributed by atoms with E-state index < -0.39 is 5.82 Å². The molecule has 78 valence electrons. The van der Waals surface area contributed by atoms with E-state index in [0.29, 0.717) is 16.2 Å². The smallest absolute Gasteiger partial charge is 0.391 e. The van der Waals surface area contributed by atoms with E-state index in [1.54, 1.807) is 18.2 Å². The lowest BCUT2D eigenvalue weighted by molar-refractivity contribution is 0.409. The number of fused-ring (bicyclic) bond motifs is 1. The van der Waals surface area contributed by atoms with Crippen molar-refractivity contribution in [1.29, 1.82) is 0 Å². The first-order valence-electron chi connectivity index (χ1n) is 3.89. The molecule has 0 N–H and O–H groups in total. The molecule has 0 bridgehead atoms. The normalized spacial score (nSPS) is 8.73. The van der Waals surface area contributed by atoms with Crippen LogP contribution in [0.3, 0.4) is 0 Å². The largest absolute Gasteiger partial charge is 0.519 e. The Hall–Kier alpha value is -0.930. The van der Waals surface area contributed by atoms with Gasteiger partial charge in [-0.3, -0.25) is 0 Å². The minimum atomic E-state index is -0.729. The van der Waals surface area contributed by atoms with Gasteiger partial charge in [-0.15, -0.1) is 0 Å². The highest BCUT2D eigenvalue weighted by Gasteiger charge is 2.05. The van der Waals surface area contributed by atoms with Crippen molar-refractivity contribution in [1.82, 2.24) is 0 Å². The standard InChI is InChI=1S/C7H3ClO3.C3H3I/c8-4-2-1-3-5-6(4)11-7(9)10-5;1-2-3-4/h1-3H;1H3.